The normalized spacial score (nSPS) is 10.8. The standard InChI is InChI=1S/C12H13BrN2/c13-10-3-4-12-11(8-10)9(2-1-6-14)5-7-15-12/h3-5,7-8H,1-2,6,14H2. The summed E-state index contributed by atoms with van der Waals surface area (Å²) in [5, 5.41) is 1.22. The second-order valence-electron chi connectivity index (χ2n) is 3.52. The SMILES string of the molecule is NCCCc1ccnc2ccc(Br)cc12. The summed E-state index contributed by atoms with van der Waals surface area (Å²) in [5.41, 5.74) is 7.90. The first-order valence-electron chi connectivity index (χ1n) is 5.04. The summed E-state index contributed by atoms with van der Waals surface area (Å²) in [4.78, 5) is 4.34. The van der Waals surface area contributed by atoms with Gasteiger partial charge in [0.05, 0.1) is 5.52 Å². The minimum absolute atomic E-state index is 0.734. The monoisotopic (exact) mass is 264 g/mol. The summed E-state index contributed by atoms with van der Waals surface area (Å²) in [7, 11) is 0. The van der Waals surface area contributed by atoms with Gasteiger partial charge in [0.1, 0.15) is 0 Å². The first-order chi connectivity index (χ1) is 7.31. The average molecular weight is 265 g/mol. The molecule has 0 spiro atoms. The number of hydrogen-bond donors (Lipinski definition) is 1. The molecule has 2 N–H and O–H groups in total. The molecule has 0 bridgehead atoms. The average Bonchev–Trinajstić information content (AvgIpc) is 2.26. The minimum Gasteiger partial charge on any atom is -0.330 e. The van der Waals surface area contributed by atoms with E-state index in [0.717, 1.165) is 29.4 Å². The summed E-state index contributed by atoms with van der Waals surface area (Å²) in [5.74, 6) is 0. The highest BCUT2D eigenvalue weighted by Crippen LogP contribution is 2.22. The van der Waals surface area contributed by atoms with Gasteiger partial charge in [0.15, 0.2) is 0 Å². The van der Waals surface area contributed by atoms with Crippen LogP contribution in [0.4, 0.5) is 0 Å². The van der Waals surface area contributed by atoms with E-state index in [1.54, 1.807) is 0 Å². The summed E-state index contributed by atoms with van der Waals surface area (Å²) in [6.07, 6.45) is 3.90. The minimum atomic E-state index is 0.734. The first kappa shape index (κ1) is 10.6. The molecule has 0 fully saturated rings. The van der Waals surface area contributed by atoms with Crippen LogP contribution in [0.1, 0.15) is 12.0 Å². The molecule has 0 aliphatic rings. The third kappa shape index (κ3) is 2.36. The van der Waals surface area contributed by atoms with Crippen LogP contribution in [0.3, 0.4) is 0 Å². The Bertz CT molecular complexity index is 468. The Morgan fingerprint density at radius 2 is 2.13 bits per heavy atom. The Morgan fingerprint density at radius 3 is 2.93 bits per heavy atom. The van der Waals surface area contributed by atoms with Crippen LogP contribution in [-0.2, 0) is 6.42 Å². The fraction of sp³-hybridized carbons (Fsp3) is 0.250. The number of halogens is 1. The highest BCUT2D eigenvalue weighted by atomic mass is 79.9. The molecule has 0 aliphatic carbocycles. The Morgan fingerprint density at radius 1 is 1.27 bits per heavy atom. The molecule has 0 atom stereocenters. The fourth-order valence-corrected chi connectivity index (χ4v) is 2.05. The Kier molecular flexibility index (Phi) is 3.34. The lowest BCUT2D eigenvalue weighted by Crippen LogP contribution is -2.00. The van der Waals surface area contributed by atoms with E-state index in [1.165, 1.54) is 10.9 Å². The largest absolute Gasteiger partial charge is 0.330 e. The molecule has 0 amide bonds. The Hall–Kier alpha value is -0.930. The van der Waals surface area contributed by atoms with Crippen molar-refractivity contribution in [2.45, 2.75) is 12.8 Å². The van der Waals surface area contributed by atoms with Crippen molar-refractivity contribution < 1.29 is 0 Å². The van der Waals surface area contributed by atoms with Crippen LogP contribution in [0.15, 0.2) is 34.9 Å². The molecule has 0 radical (unpaired) electrons. The molecule has 15 heavy (non-hydrogen) atoms. The van der Waals surface area contributed by atoms with E-state index in [9.17, 15) is 0 Å². The van der Waals surface area contributed by atoms with Crippen LogP contribution >= 0.6 is 15.9 Å². The lowest BCUT2D eigenvalue weighted by molar-refractivity contribution is 0.836. The van der Waals surface area contributed by atoms with Gasteiger partial charge in [-0.2, -0.15) is 0 Å². The van der Waals surface area contributed by atoms with Crippen molar-refractivity contribution in [3.63, 3.8) is 0 Å². The predicted octanol–water partition coefficient (Wildman–Crippen LogP) is 2.89. The van der Waals surface area contributed by atoms with Gasteiger partial charge in [-0.25, -0.2) is 0 Å². The molecule has 0 saturated carbocycles. The lowest BCUT2D eigenvalue weighted by atomic mass is 10.1. The Balaban J connectivity index is 2.48. The molecule has 2 aromatic rings. The van der Waals surface area contributed by atoms with Gasteiger partial charge in [0.2, 0.25) is 0 Å². The van der Waals surface area contributed by atoms with E-state index in [1.807, 2.05) is 18.3 Å². The molecule has 78 valence electrons. The van der Waals surface area contributed by atoms with Gasteiger partial charge in [-0.1, -0.05) is 15.9 Å². The number of hydrogen-bond acceptors (Lipinski definition) is 2. The molecule has 0 aliphatic heterocycles. The predicted molar refractivity (Wildman–Crippen MR) is 66.8 cm³/mol. The second kappa shape index (κ2) is 4.73. The van der Waals surface area contributed by atoms with E-state index in [0.29, 0.717) is 0 Å². The van der Waals surface area contributed by atoms with Crippen LogP contribution in [0.5, 0.6) is 0 Å². The van der Waals surface area contributed by atoms with Crippen LogP contribution < -0.4 is 5.73 Å². The third-order valence-corrected chi connectivity index (χ3v) is 2.94. The molecular weight excluding hydrogens is 252 g/mol. The highest BCUT2D eigenvalue weighted by Gasteiger charge is 2.01. The van der Waals surface area contributed by atoms with Gasteiger partial charge in [0.25, 0.3) is 0 Å². The van der Waals surface area contributed by atoms with E-state index >= 15 is 0 Å². The zero-order valence-electron chi connectivity index (χ0n) is 8.41. The van der Waals surface area contributed by atoms with Crippen molar-refractivity contribution in [3.05, 3.63) is 40.5 Å². The Labute approximate surface area is 97.6 Å². The van der Waals surface area contributed by atoms with E-state index in [2.05, 4.69) is 33.0 Å². The first-order valence-corrected chi connectivity index (χ1v) is 5.84. The number of aryl methyl sites for hydroxylation is 1. The second-order valence-corrected chi connectivity index (χ2v) is 4.44. The van der Waals surface area contributed by atoms with E-state index < -0.39 is 0 Å². The number of nitrogens with zero attached hydrogens (tertiary/aromatic N) is 1. The zero-order valence-corrected chi connectivity index (χ0v) is 10.00. The molecule has 0 saturated heterocycles. The van der Waals surface area contributed by atoms with Crippen molar-refractivity contribution in [3.8, 4) is 0 Å². The van der Waals surface area contributed by atoms with Gasteiger partial charge in [-0.15, -0.1) is 0 Å². The van der Waals surface area contributed by atoms with Gasteiger partial charge in [-0.3, -0.25) is 4.98 Å². The molecule has 2 rings (SSSR count). The summed E-state index contributed by atoms with van der Waals surface area (Å²) in [6, 6.07) is 8.24. The van der Waals surface area contributed by atoms with Gasteiger partial charge in [0, 0.05) is 16.1 Å². The summed E-state index contributed by atoms with van der Waals surface area (Å²) < 4.78 is 1.09. The maximum atomic E-state index is 5.53. The van der Waals surface area contributed by atoms with Crippen molar-refractivity contribution in [1.29, 1.82) is 0 Å². The summed E-state index contributed by atoms with van der Waals surface area (Å²) >= 11 is 3.48. The zero-order chi connectivity index (χ0) is 10.7. The number of aromatic nitrogens is 1. The third-order valence-electron chi connectivity index (χ3n) is 2.44. The smallest absolute Gasteiger partial charge is 0.0705 e. The molecule has 1 aromatic heterocycles. The van der Waals surface area contributed by atoms with Crippen molar-refractivity contribution in [2.24, 2.45) is 5.73 Å². The fourth-order valence-electron chi connectivity index (χ4n) is 1.69. The lowest BCUT2D eigenvalue weighted by Gasteiger charge is -2.05. The van der Waals surface area contributed by atoms with Gasteiger partial charge < -0.3 is 5.73 Å². The topological polar surface area (TPSA) is 38.9 Å². The molecule has 1 aromatic carbocycles. The highest BCUT2D eigenvalue weighted by molar-refractivity contribution is 9.10. The van der Waals surface area contributed by atoms with Gasteiger partial charge in [-0.05, 0) is 49.2 Å². The van der Waals surface area contributed by atoms with Crippen LogP contribution in [0, 0.1) is 0 Å². The van der Waals surface area contributed by atoms with E-state index in [4.69, 9.17) is 5.73 Å². The van der Waals surface area contributed by atoms with E-state index in [-0.39, 0.29) is 0 Å². The number of benzene rings is 1. The van der Waals surface area contributed by atoms with Crippen LogP contribution in [0.25, 0.3) is 10.9 Å². The number of fused-ring (bicyclic) bond motifs is 1. The molecule has 3 heteroatoms. The van der Waals surface area contributed by atoms with Crippen molar-refractivity contribution in [1.82, 2.24) is 4.98 Å². The molecule has 0 unspecified atom stereocenters. The van der Waals surface area contributed by atoms with Crippen LogP contribution in [-0.4, -0.2) is 11.5 Å². The number of rotatable bonds is 3. The quantitative estimate of drug-likeness (QED) is 0.926. The van der Waals surface area contributed by atoms with Crippen molar-refractivity contribution in [2.75, 3.05) is 6.54 Å². The number of pyridine rings is 1. The molecule has 1 heterocycles. The number of nitrogens with two attached hydrogens (primary N) is 1. The van der Waals surface area contributed by atoms with Crippen LogP contribution in [0.2, 0.25) is 0 Å². The molecular formula is C12H13BrN2. The summed E-state index contributed by atoms with van der Waals surface area (Å²) in [6.45, 7) is 0.734. The molecule has 2 nitrogen and oxygen atoms in total. The maximum absolute atomic E-state index is 5.53. The maximum Gasteiger partial charge on any atom is 0.0705 e. The van der Waals surface area contributed by atoms with Crippen molar-refractivity contribution >= 4 is 26.8 Å². The van der Waals surface area contributed by atoms with Gasteiger partial charge >= 0.3 is 0 Å².